The van der Waals surface area contributed by atoms with Gasteiger partial charge >= 0.3 is 17.9 Å². The van der Waals surface area contributed by atoms with Crippen LogP contribution in [0.2, 0.25) is 0 Å². The molecule has 21 heavy (non-hydrogen) atoms. The van der Waals surface area contributed by atoms with E-state index in [0.29, 0.717) is 0 Å². The van der Waals surface area contributed by atoms with Gasteiger partial charge in [0.2, 0.25) is 0 Å². The molecular formula is C11H12N4O6. The van der Waals surface area contributed by atoms with Gasteiger partial charge in [-0.1, -0.05) is 0 Å². The summed E-state index contributed by atoms with van der Waals surface area (Å²) in [5.74, 6) is -1.12. The van der Waals surface area contributed by atoms with Crippen LogP contribution in [0.25, 0.3) is 6.08 Å². The molecule has 0 atom stereocenters. The number of hydrazone groups is 1. The Hall–Kier alpha value is -3.17. The summed E-state index contributed by atoms with van der Waals surface area (Å²) >= 11 is 0. The summed E-state index contributed by atoms with van der Waals surface area (Å²) in [5.41, 5.74) is 6.46. The third kappa shape index (κ3) is 5.14. The smallest absolute Gasteiger partial charge is 0.433 e. The standard InChI is InChI=1S/C11H12N4O6/c1-2-20-10(16)8(13-14-11(12)17)5-3-7-4-6-9(21-7)15(18)19/h3-6H,2H2,1H3,(H3,12,14,17). The molecule has 0 radical (unpaired) electrons. The Morgan fingerprint density at radius 3 is 2.81 bits per heavy atom. The number of hydrogen-bond acceptors (Lipinski definition) is 7. The van der Waals surface area contributed by atoms with Crippen LogP contribution in [0.3, 0.4) is 0 Å². The maximum Gasteiger partial charge on any atom is 0.433 e. The molecule has 3 N–H and O–H groups in total. The molecule has 1 heterocycles. The molecule has 10 nitrogen and oxygen atoms in total. The highest BCUT2D eigenvalue weighted by molar-refractivity contribution is 6.41. The number of primary amides is 1. The first-order valence-corrected chi connectivity index (χ1v) is 5.66. The zero-order chi connectivity index (χ0) is 15.8. The van der Waals surface area contributed by atoms with Gasteiger partial charge in [0, 0.05) is 0 Å². The predicted octanol–water partition coefficient (Wildman–Crippen LogP) is 0.788. The largest absolute Gasteiger partial charge is 0.461 e. The van der Waals surface area contributed by atoms with Crippen molar-refractivity contribution in [2.45, 2.75) is 6.92 Å². The summed E-state index contributed by atoms with van der Waals surface area (Å²) in [4.78, 5) is 31.9. The number of esters is 1. The Balaban J connectivity index is 2.90. The van der Waals surface area contributed by atoms with Crippen LogP contribution in [-0.4, -0.2) is 29.2 Å². The molecule has 0 saturated heterocycles. The second-order valence-corrected chi connectivity index (χ2v) is 3.46. The molecule has 2 amide bonds. The first-order chi connectivity index (χ1) is 9.93. The molecule has 0 aliphatic rings. The number of nitrogens with one attached hydrogen (secondary N) is 1. The van der Waals surface area contributed by atoms with E-state index in [2.05, 4.69) is 5.10 Å². The van der Waals surface area contributed by atoms with E-state index in [1.807, 2.05) is 5.43 Å². The van der Waals surface area contributed by atoms with Crippen LogP contribution in [0.1, 0.15) is 12.7 Å². The number of nitrogens with zero attached hydrogens (tertiary/aromatic N) is 2. The van der Waals surface area contributed by atoms with E-state index in [4.69, 9.17) is 14.9 Å². The minimum absolute atomic E-state index is 0.106. The Morgan fingerprint density at radius 1 is 1.57 bits per heavy atom. The Kier molecular flexibility index (Phi) is 5.62. The van der Waals surface area contributed by atoms with Crippen LogP contribution in [0.15, 0.2) is 27.7 Å². The number of carbonyl (C=O) groups excluding carboxylic acids is 2. The number of hydrogen-bond donors (Lipinski definition) is 2. The lowest BCUT2D eigenvalue weighted by Crippen LogP contribution is -2.27. The van der Waals surface area contributed by atoms with Crippen LogP contribution >= 0.6 is 0 Å². The van der Waals surface area contributed by atoms with Crippen LogP contribution in [0, 0.1) is 10.1 Å². The molecular weight excluding hydrogens is 284 g/mol. The summed E-state index contributed by atoms with van der Waals surface area (Å²) in [7, 11) is 0. The summed E-state index contributed by atoms with van der Waals surface area (Å²) in [6.07, 6.45) is 2.42. The van der Waals surface area contributed by atoms with Crippen molar-refractivity contribution >= 4 is 29.7 Å². The lowest BCUT2D eigenvalue weighted by Gasteiger charge is -2.01. The number of amides is 2. The average molecular weight is 296 g/mol. The topological polar surface area (TPSA) is 150 Å². The molecule has 1 rings (SSSR count). The lowest BCUT2D eigenvalue weighted by molar-refractivity contribution is -0.402. The zero-order valence-corrected chi connectivity index (χ0v) is 10.9. The molecule has 1 aromatic heterocycles. The SMILES string of the molecule is CCOC(=O)C(C=Cc1ccc([N+](=O)[O-])o1)=NNC(N)=O. The molecule has 0 bridgehead atoms. The van der Waals surface area contributed by atoms with E-state index in [0.717, 1.165) is 12.1 Å². The highest BCUT2D eigenvalue weighted by Crippen LogP contribution is 2.16. The normalized spacial score (nSPS) is 11.4. The number of nitro groups is 1. The van der Waals surface area contributed by atoms with E-state index < -0.39 is 22.8 Å². The van der Waals surface area contributed by atoms with Gasteiger partial charge in [-0.3, -0.25) is 10.1 Å². The van der Waals surface area contributed by atoms with Gasteiger partial charge in [0.05, 0.1) is 12.7 Å². The van der Waals surface area contributed by atoms with E-state index in [1.165, 1.54) is 12.1 Å². The van der Waals surface area contributed by atoms with E-state index >= 15 is 0 Å². The maximum absolute atomic E-state index is 11.6. The number of ether oxygens (including phenoxy) is 1. The fourth-order valence-electron chi connectivity index (χ4n) is 1.16. The van der Waals surface area contributed by atoms with Gasteiger partial charge in [0.25, 0.3) is 0 Å². The zero-order valence-electron chi connectivity index (χ0n) is 10.9. The van der Waals surface area contributed by atoms with Gasteiger partial charge in [-0.05, 0) is 25.1 Å². The predicted molar refractivity (Wildman–Crippen MR) is 71.2 cm³/mol. The van der Waals surface area contributed by atoms with Crippen molar-refractivity contribution in [3.8, 4) is 0 Å². The minimum Gasteiger partial charge on any atom is -0.461 e. The third-order valence-electron chi connectivity index (χ3n) is 1.97. The van der Waals surface area contributed by atoms with Crippen molar-refractivity contribution in [3.05, 3.63) is 34.1 Å². The fourth-order valence-corrected chi connectivity index (χ4v) is 1.16. The summed E-state index contributed by atoms with van der Waals surface area (Å²) in [6, 6.07) is 1.53. The van der Waals surface area contributed by atoms with Crippen LogP contribution < -0.4 is 11.2 Å². The molecule has 10 heteroatoms. The number of nitrogens with two attached hydrogens (primary N) is 1. The third-order valence-corrected chi connectivity index (χ3v) is 1.97. The first-order valence-electron chi connectivity index (χ1n) is 5.66. The Labute approximate surface area is 118 Å². The summed E-state index contributed by atoms with van der Waals surface area (Å²) in [6.45, 7) is 1.70. The maximum atomic E-state index is 11.6. The molecule has 0 aromatic carbocycles. The van der Waals surface area contributed by atoms with Crippen LogP contribution in [0.5, 0.6) is 0 Å². The highest BCUT2D eigenvalue weighted by atomic mass is 16.6. The quantitative estimate of drug-likeness (QED) is 0.343. The molecule has 0 aliphatic carbocycles. The van der Waals surface area contributed by atoms with Crippen molar-refractivity contribution in [3.63, 3.8) is 0 Å². The second kappa shape index (κ2) is 7.43. The van der Waals surface area contributed by atoms with Gasteiger partial charge < -0.3 is 14.9 Å². The van der Waals surface area contributed by atoms with E-state index in [9.17, 15) is 19.7 Å². The summed E-state index contributed by atoms with van der Waals surface area (Å²) in [5, 5.41) is 13.9. The molecule has 1 aromatic rings. The average Bonchev–Trinajstić information content (AvgIpc) is 2.87. The van der Waals surface area contributed by atoms with Gasteiger partial charge in [0.15, 0.2) is 5.71 Å². The molecule has 0 spiro atoms. The van der Waals surface area contributed by atoms with Gasteiger partial charge in [-0.25, -0.2) is 15.0 Å². The number of rotatable bonds is 6. The molecule has 0 unspecified atom stereocenters. The number of urea groups is 1. The molecule has 112 valence electrons. The minimum atomic E-state index is -0.959. The van der Waals surface area contributed by atoms with Gasteiger partial charge in [0.1, 0.15) is 10.7 Å². The van der Waals surface area contributed by atoms with E-state index in [1.54, 1.807) is 6.92 Å². The lowest BCUT2D eigenvalue weighted by atomic mass is 10.3. The van der Waals surface area contributed by atoms with Crippen molar-refractivity contribution in [2.24, 2.45) is 10.8 Å². The van der Waals surface area contributed by atoms with E-state index in [-0.39, 0.29) is 18.1 Å². The molecule has 0 saturated carbocycles. The summed E-state index contributed by atoms with van der Waals surface area (Å²) < 4.78 is 9.57. The van der Waals surface area contributed by atoms with Crippen molar-refractivity contribution < 1.29 is 23.7 Å². The van der Waals surface area contributed by atoms with Crippen LogP contribution in [-0.2, 0) is 9.53 Å². The Morgan fingerprint density at radius 2 is 2.29 bits per heavy atom. The van der Waals surface area contributed by atoms with Gasteiger partial charge in [-0.15, -0.1) is 0 Å². The number of furan rings is 1. The van der Waals surface area contributed by atoms with Crippen molar-refractivity contribution in [1.82, 2.24) is 5.43 Å². The van der Waals surface area contributed by atoms with Crippen molar-refractivity contribution in [1.29, 1.82) is 0 Å². The first kappa shape index (κ1) is 15.9. The second-order valence-electron chi connectivity index (χ2n) is 3.46. The Bertz CT molecular complexity index is 604. The van der Waals surface area contributed by atoms with Crippen LogP contribution in [0.4, 0.5) is 10.7 Å². The highest BCUT2D eigenvalue weighted by Gasteiger charge is 2.12. The van der Waals surface area contributed by atoms with Gasteiger partial charge in [-0.2, -0.15) is 5.10 Å². The molecule has 0 aliphatic heterocycles. The number of carbonyl (C=O) groups is 2. The van der Waals surface area contributed by atoms with Crippen molar-refractivity contribution in [2.75, 3.05) is 6.61 Å². The molecule has 0 fully saturated rings. The monoisotopic (exact) mass is 296 g/mol. The fraction of sp³-hybridized carbons (Fsp3) is 0.182.